The molecule has 100 valence electrons. The average Bonchev–Trinajstić information content (AvgIpc) is 2.33. The molecular weight excluding hydrogens is 264 g/mol. The Kier molecular flexibility index (Phi) is 7.23. The molecule has 0 fully saturated rings. The van der Waals surface area contributed by atoms with Gasteiger partial charge in [0.05, 0.1) is 0 Å². The third-order valence-corrected chi connectivity index (χ3v) is 4.61. The van der Waals surface area contributed by atoms with Crippen molar-refractivity contribution < 1.29 is 4.79 Å². The topological polar surface area (TPSA) is 55.1 Å². The molecule has 1 aromatic rings. The van der Waals surface area contributed by atoms with Crippen molar-refractivity contribution in [1.82, 2.24) is 5.32 Å². The summed E-state index contributed by atoms with van der Waals surface area (Å²) in [7, 11) is 3.34. The molecule has 0 saturated carbocycles. The zero-order chi connectivity index (χ0) is 13.4. The highest BCUT2D eigenvalue weighted by Gasteiger charge is 1.99. The molecule has 0 aliphatic rings. The molecular formula is C13H20N2OS2. The Morgan fingerprint density at radius 2 is 2.00 bits per heavy atom. The Hall–Kier alpha value is -0.650. The minimum Gasteiger partial charge on any atom is -0.370 e. The zero-order valence-electron chi connectivity index (χ0n) is 10.8. The van der Waals surface area contributed by atoms with Crippen molar-refractivity contribution in [2.24, 2.45) is 5.73 Å². The lowest BCUT2D eigenvalue weighted by Gasteiger charge is -2.08. The van der Waals surface area contributed by atoms with Crippen LogP contribution in [0.3, 0.4) is 0 Å². The summed E-state index contributed by atoms with van der Waals surface area (Å²) in [4.78, 5) is 11.8. The van der Waals surface area contributed by atoms with Crippen molar-refractivity contribution in [1.29, 1.82) is 0 Å². The van der Waals surface area contributed by atoms with Gasteiger partial charge in [0.1, 0.15) is 0 Å². The van der Waals surface area contributed by atoms with Gasteiger partial charge in [-0.25, -0.2) is 0 Å². The third kappa shape index (κ3) is 6.93. The molecule has 18 heavy (non-hydrogen) atoms. The van der Waals surface area contributed by atoms with Crippen LogP contribution in [0, 0.1) is 0 Å². The van der Waals surface area contributed by atoms with Gasteiger partial charge in [-0.1, -0.05) is 47.6 Å². The van der Waals surface area contributed by atoms with Crippen molar-refractivity contribution in [3.63, 3.8) is 0 Å². The van der Waals surface area contributed by atoms with E-state index in [9.17, 15) is 4.79 Å². The number of carbonyl (C=O) groups is 1. The molecule has 0 radical (unpaired) electrons. The van der Waals surface area contributed by atoms with Crippen LogP contribution < -0.4 is 11.1 Å². The lowest BCUT2D eigenvalue weighted by Crippen LogP contribution is -2.21. The fourth-order valence-electron chi connectivity index (χ4n) is 1.24. The predicted octanol–water partition coefficient (Wildman–Crippen LogP) is 2.80. The fourth-order valence-corrected chi connectivity index (χ4v) is 3.23. The monoisotopic (exact) mass is 284 g/mol. The third-order valence-electron chi connectivity index (χ3n) is 2.22. The highest BCUT2D eigenvalue weighted by molar-refractivity contribution is 8.76. The summed E-state index contributed by atoms with van der Waals surface area (Å²) in [5, 5.41) is 3.38. The number of hydrogen-bond acceptors (Lipinski definition) is 4. The molecule has 0 atom stereocenters. The van der Waals surface area contributed by atoms with Gasteiger partial charge in [0.2, 0.25) is 5.91 Å². The van der Waals surface area contributed by atoms with Crippen molar-refractivity contribution >= 4 is 27.5 Å². The van der Waals surface area contributed by atoms with E-state index in [4.69, 9.17) is 5.73 Å². The second-order valence-corrected chi connectivity index (χ2v) is 6.79. The van der Waals surface area contributed by atoms with Crippen molar-refractivity contribution in [2.45, 2.75) is 37.8 Å². The number of nitrogens with two attached hydrogens (primary N) is 1. The molecule has 0 aromatic heterocycles. The standard InChI is InChI=1S/C13H20N2OS2/c1-10(2)15-9-11-3-5-12(6-4-11)18-17-8-7-13(14)16/h3-6,10,15H,7-9H2,1-2H3,(H2,14,16). The fraction of sp³-hybridized carbons (Fsp3) is 0.462. The van der Waals surface area contributed by atoms with Crippen LogP contribution in [0.4, 0.5) is 0 Å². The Morgan fingerprint density at radius 3 is 2.56 bits per heavy atom. The first-order chi connectivity index (χ1) is 8.58. The van der Waals surface area contributed by atoms with Gasteiger partial charge in [0.15, 0.2) is 0 Å². The van der Waals surface area contributed by atoms with Gasteiger partial charge in [-0.05, 0) is 17.7 Å². The van der Waals surface area contributed by atoms with Crippen molar-refractivity contribution in [2.75, 3.05) is 5.75 Å². The highest BCUT2D eigenvalue weighted by Crippen LogP contribution is 2.31. The first-order valence-corrected chi connectivity index (χ1v) is 8.30. The van der Waals surface area contributed by atoms with E-state index in [2.05, 4.69) is 43.4 Å². The molecule has 1 rings (SSSR count). The van der Waals surface area contributed by atoms with Crippen LogP contribution in [0.2, 0.25) is 0 Å². The second kappa shape index (κ2) is 8.45. The van der Waals surface area contributed by atoms with Gasteiger partial charge < -0.3 is 11.1 Å². The van der Waals surface area contributed by atoms with E-state index in [1.54, 1.807) is 21.6 Å². The van der Waals surface area contributed by atoms with Crippen molar-refractivity contribution in [3.8, 4) is 0 Å². The first kappa shape index (κ1) is 15.4. The molecule has 0 bridgehead atoms. The van der Waals surface area contributed by atoms with E-state index in [1.807, 2.05) is 0 Å². The second-order valence-electron chi connectivity index (χ2n) is 4.30. The van der Waals surface area contributed by atoms with Crippen LogP contribution in [0.15, 0.2) is 29.2 Å². The molecule has 0 aliphatic heterocycles. The SMILES string of the molecule is CC(C)NCc1ccc(SSCCC(N)=O)cc1. The molecule has 3 N–H and O–H groups in total. The lowest BCUT2D eigenvalue weighted by atomic mass is 10.2. The molecule has 0 unspecified atom stereocenters. The lowest BCUT2D eigenvalue weighted by molar-refractivity contribution is -0.117. The normalized spacial score (nSPS) is 10.8. The number of hydrogen-bond donors (Lipinski definition) is 2. The minimum atomic E-state index is -0.238. The summed E-state index contributed by atoms with van der Waals surface area (Å²) in [5.74, 6) is 0.523. The summed E-state index contributed by atoms with van der Waals surface area (Å²) < 4.78 is 0. The van der Waals surface area contributed by atoms with Crippen LogP contribution in [0.1, 0.15) is 25.8 Å². The van der Waals surface area contributed by atoms with Crippen LogP contribution in [-0.2, 0) is 11.3 Å². The Bertz CT molecular complexity index is 366. The summed E-state index contributed by atoms with van der Waals surface area (Å²) in [6, 6.07) is 8.99. The number of primary amides is 1. The van der Waals surface area contributed by atoms with Gasteiger partial charge in [0.25, 0.3) is 0 Å². The molecule has 3 nitrogen and oxygen atoms in total. The summed E-state index contributed by atoms with van der Waals surface area (Å²) in [6.45, 7) is 5.18. The van der Waals surface area contributed by atoms with E-state index >= 15 is 0 Å². The van der Waals surface area contributed by atoms with E-state index < -0.39 is 0 Å². The predicted molar refractivity (Wildman–Crippen MR) is 80.5 cm³/mol. The van der Waals surface area contributed by atoms with E-state index in [-0.39, 0.29) is 5.91 Å². The zero-order valence-corrected chi connectivity index (χ0v) is 12.4. The Balaban J connectivity index is 2.29. The number of carbonyl (C=O) groups excluding carboxylic acids is 1. The maximum atomic E-state index is 10.6. The quantitative estimate of drug-likeness (QED) is 0.569. The number of nitrogens with one attached hydrogen (secondary N) is 1. The molecule has 1 amide bonds. The van der Waals surface area contributed by atoms with E-state index in [0.29, 0.717) is 12.5 Å². The van der Waals surface area contributed by atoms with Crippen molar-refractivity contribution in [3.05, 3.63) is 29.8 Å². The maximum absolute atomic E-state index is 10.6. The van der Waals surface area contributed by atoms with Gasteiger partial charge in [-0.15, -0.1) is 0 Å². The van der Waals surface area contributed by atoms with Gasteiger partial charge in [0, 0.05) is 29.7 Å². The van der Waals surface area contributed by atoms with Gasteiger partial charge >= 0.3 is 0 Å². The molecule has 1 aromatic carbocycles. The van der Waals surface area contributed by atoms with Crippen LogP contribution in [0.25, 0.3) is 0 Å². The molecule has 0 aliphatic carbocycles. The summed E-state index contributed by atoms with van der Waals surface area (Å²) in [6.07, 6.45) is 0.439. The van der Waals surface area contributed by atoms with Gasteiger partial charge in [-0.2, -0.15) is 0 Å². The smallest absolute Gasteiger partial charge is 0.218 e. The molecule has 5 heteroatoms. The number of rotatable bonds is 8. The Labute approximate surface area is 117 Å². The Morgan fingerprint density at radius 1 is 1.33 bits per heavy atom. The first-order valence-electron chi connectivity index (χ1n) is 5.98. The van der Waals surface area contributed by atoms with Crippen LogP contribution in [-0.4, -0.2) is 17.7 Å². The van der Waals surface area contributed by atoms with E-state index in [0.717, 1.165) is 12.3 Å². The summed E-state index contributed by atoms with van der Waals surface area (Å²) >= 11 is 0. The minimum absolute atomic E-state index is 0.238. The molecule has 0 saturated heterocycles. The summed E-state index contributed by atoms with van der Waals surface area (Å²) in [5.41, 5.74) is 6.37. The number of benzene rings is 1. The largest absolute Gasteiger partial charge is 0.370 e. The molecule has 0 spiro atoms. The average molecular weight is 284 g/mol. The van der Waals surface area contributed by atoms with Crippen LogP contribution >= 0.6 is 21.6 Å². The highest BCUT2D eigenvalue weighted by atomic mass is 33.1. The van der Waals surface area contributed by atoms with E-state index in [1.165, 1.54) is 10.5 Å². The molecule has 0 heterocycles. The van der Waals surface area contributed by atoms with Crippen LogP contribution in [0.5, 0.6) is 0 Å². The maximum Gasteiger partial charge on any atom is 0.218 e. The number of amides is 1. The van der Waals surface area contributed by atoms with Gasteiger partial charge in [-0.3, -0.25) is 4.79 Å².